The van der Waals surface area contributed by atoms with Gasteiger partial charge in [0.05, 0.1) is 4.92 Å². The summed E-state index contributed by atoms with van der Waals surface area (Å²) in [4.78, 5) is 22.6. The van der Waals surface area contributed by atoms with Crippen molar-refractivity contribution >= 4 is 17.3 Å². The van der Waals surface area contributed by atoms with Crippen LogP contribution in [0.2, 0.25) is 0 Å². The Kier molecular flexibility index (Phi) is 4.77. The summed E-state index contributed by atoms with van der Waals surface area (Å²) < 4.78 is 0. The number of rotatable bonds is 7. The molecular formula is C15H21N3O3. The molecule has 6 nitrogen and oxygen atoms in total. The second-order valence-electron chi connectivity index (χ2n) is 5.85. The molecule has 1 aliphatic carbocycles. The number of nitro benzene ring substituents is 1. The van der Waals surface area contributed by atoms with Crippen LogP contribution in [0.3, 0.4) is 0 Å². The standard InChI is InChI=1S/C15H21N3O3/c1-10(2)7-8-16-13-6-3-11(9-14(13)18(20)21)15(19)17-12-4-5-12/h3,6,9-10,12,16H,4-5,7-8H2,1-2H3,(H,17,19). The largest absolute Gasteiger partial charge is 0.379 e. The molecule has 0 aliphatic heterocycles. The minimum absolute atomic E-state index is 0.0535. The van der Waals surface area contributed by atoms with E-state index in [9.17, 15) is 14.9 Å². The van der Waals surface area contributed by atoms with Gasteiger partial charge in [0.25, 0.3) is 11.6 Å². The predicted molar refractivity (Wildman–Crippen MR) is 81.5 cm³/mol. The van der Waals surface area contributed by atoms with E-state index in [1.165, 1.54) is 6.07 Å². The third kappa shape index (κ3) is 4.44. The Morgan fingerprint density at radius 3 is 2.71 bits per heavy atom. The van der Waals surface area contributed by atoms with Gasteiger partial charge >= 0.3 is 0 Å². The highest BCUT2D eigenvalue weighted by Crippen LogP contribution is 2.26. The molecule has 0 spiro atoms. The van der Waals surface area contributed by atoms with E-state index in [0.29, 0.717) is 23.7 Å². The molecule has 0 heterocycles. The fourth-order valence-electron chi connectivity index (χ4n) is 1.97. The molecular weight excluding hydrogens is 270 g/mol. The highest BCUT2D eigenvalue weighted by molar-refractivity contribution is 5.96. The Labute approximate surface area is 124 Å². The molecule has 21 heavy (non-hydrogen) atoms. The van der Waals surface area contributed by atoms with Gasteiger partial charge in [-0.1, -0.05) is 13.8 Å². The molecule has 2 rings (SSSR count). The van der Waals surface area contributed by atoms with Gasteiger partial charge in [-0.25, -0.2) is 0 Å². The lowest BCUT2D eigenvalue weighted by Crippen LogP contribution is -2.25. The van der Waals surface area contributed by atoms with Crippen molar-refractivity contribution in [2.24, 2.45) is 5.92 Å². The average molecular weight is 291 g/mol. The highest BCUT2D eigenvalue weighted by Gasteiger charge is 2.25. The van der Waals surface area contributed by atoms with E-state index in [0.717, 1.165) is 19.3 Å². The van der Waals surface area contributed by atoms with Crippen molar-refractivity contribution in [3.8, 4) is 0 Å². The van der Waals surface area contributed by atoms with Crippen LogP contribution >= 0.6 is 0 Å². The molecule has 1 saturated carbocycles. The molecule has 6 heteroatoms. The molecule has 0 unspecified atom stereocenters. The number of nitrogens with zero attached hydrogens (tertiary/aromatic N) is 1. The van der Waals surface area contributed by atoms with Crippen LogP contribution in [-0.4, -0.2) is 23.4 Å². The van der Waals surface area contributed by atoms with E-state index in [1.54, 1.807) is 12.1 Å². The maximum atomic E-state index is 11.9. The third-order valence-corrected chi connectivity index (χ3v) is 3.41. The fraction of sp³-hybridized carbons (Fsp3) is 0.533. The van der Waals surface area contributed by atoms with Crippen LogP contribution in [0.25, 0.3) is 0 Å². The summed E-state index contributed by atoms with van der Waals surface area (Å²) in [6, 6.07) is 4.82. The van der Waals surface area contributed by atoms with E-state index in [2.05, 4.69) is 24.5 Å². The lowest BCUT2D eigenvalue weighted by atomic mass is 10.1. The van der Waals surface area contributed by atoms with Crippen molar-refractivity contribution in [3.05, 3.63) is 33.9 Å². The minimum atomic E-state index is -0.453. The first-order valence-corrected chi connectivity index (χ1v) is 7.30. The first-order chi connectivity index (χ1) is 9.97. The monoisotopic (exact) mass is 291 g/mol. The molecule has 1 amide bonds. The molecule has 1 aromatic carbocycles. The van der Waals surface area contributed by atoms with Gasteiger partial charge in [-0.05, 0) is 37.3 Å². The number of nitro groups is 1. The highest BCUT2D eigenvalue weighted by atomic mass is 16.6. The van der Waals surface area contributed by atoms with Crippen molar-refractivity contribution in [2.45, 2.75) is 39.2 Å². The number of anilines is 1. The van der Waals surface area contributed by atoms with Crippen molar-refractivity contribution in [3.63, 3.8) is 0 Å². The zero-order chi connectivity index (χ0) is 15.4. The van der Waals surface area contributed by atoms with Crippen molar-refractivity contribution in [1.29, 1.82) is 0 Å². The molecule has 2 N–H and O–H groups in total. The van der Waals surface area contributed by atoms with Gasteiger partial charge in [-0.15, -0.1) is 0 Å². The Hall–Kier alpha value is -2.11. The van der Waals surface area contributed by atoms with Crippen LogP contribution in [0.5, 0.6) is 0 Å². The van der Waals surface area contributed by atoms with Crippen molar-refractivity contribution < 1.29 is 9.72 Å². The van der Waals surface area contributed by atoms with Gasteiger partial charge in [-0.3, -0.25) is 14.9 Å². The SMILES string of the molecule is CC(C)CCNc1ccc(C(=O)NC2CC2)cc1[N+](=O)[O-]. The van der Waals surface area contributed by atoms with Gasteiger partial charge in [0.15, 0.2) is 0 Å². The van der Waals surface area contributed by atoms with Gasteiger partial charge in [0.2, 0.25) is 0 Å². The molecule has 0 saturated heterocycles. The third-order valence-electron chi connectivity index (χ3n) is 3.41. The van der Waals surface area contributed by atoms with E-state index < -0.39 is 4.92 Å². The van der Waals surface area contributed by atoms with Crippen LogP contribution in [0.15, 0.2) is 18.2 Å². The number of carbonyl (C=O) groups excluding carboxylic acids is 1. The normalized spacial score (nSPS) is 14.0. The number of nitrogens with one attached hydrogen (secondary N) is 2. The Morgan fingerprint density at radius 2 is 2.14 bits per heavy atom. The van der Waals surface area contributed by atoms with Gasteiger partial charge in [0.1, 0.15) is 5.69 Å². The molecule has 114 valence electrons. The summed E-state index contributed by atoms with van der Waals surface area (Å²) >= 11 is 0. The lowest BCUT2D eigenvalue weighted by molar-refractivity contribution is -0.384. The van der Waals surface area contributed by atoms with Crippen molar-refractivity contribution in [1.82, 2.24) is 5.32 Å². The van der Waals surface area contributed by atoms with E-state index >= 15 is 0 Å². The van der Waals surface area contributed by atoms with Gasteiger partial charge in [0, 0.05) is 24.2 Å². The number of hydrogen-bond acceptors (Lipinski definition) is 4. The molecule has 0 aromatic heterocycles. The zero-order valence-electron chi connectivity index (χ0n) is 12.4. The summed E-state index contributed by atoms with van der Waals surface area (Å²) in [6.45, 7) is 4.87. The smallest absolute Gasteiger partial charge is 0.293 e. The number of benzene rings is 1. The average Bonchev–Trinajstić information content (AvgIpc) is 3.22. The minimum Gasteiger partial charge on any atom is -0.379 e. The van der Waals surface area contributed by atoms with Gasteiger partial charge < -0.3 is 10.6 Å². The lowest BCUT2D eigenvalue weighted by Gasteiger charge is -2.10. The summed E-state index contributed by atoms with van der Waals surface area (Å²) in [7, 11) is 0. The molecule has 0 bridgehead atoms. The summed E-state index contributed by atoms with van der Waals surface area (Å²) in [5, 5.41) is 17.1. The summed E-state index contributed by atoms with van der Waals surface area (Å²) in [6.07, 6.45) is 2.91. The first-order valence-electron chi connectivity index (χ1n) is 7.30. The van der Waals surface area contributed by atoms with Crippen LogP contribution in [0.4, 0.5) is 11.4 Å². The number of carbonyl (C=O) groups is 1. The molecule has 1 aliphatic rings. The van der Waals surface area contributed by atoms with Crippen LogP contribution in [0, 0.1) is 16.0 Å². The second kappa shape index (κ2) is 6.56. The maximum absolute atomic E-state index is 11.9. The van der Waals surface area contributed by atoms with Crippen LogP contribution in [-0.2, 0) is 0 Å². The van der Waals surface area contributed by atoms with Crippen LogP contribution < -0.4 is 10.6 Å². The zero-order valence-corrected chi connectivity index (χ0v) is 12.4. The fourth-order valence-corrected chi connectivity index (χ4v) is 1.97. The van der Waals surface area contributed by atoms with E-state index in [-0.39, 0.29) is 17.6 Å². The number of amides is 1. The molecule has 1 aromatic rings. The topological polar surface area (TPSA) is 84.3 Å². The van der Waals surface area contributed by atoms with E-state index in [1.807, 2.05) is 0 Å². The summed E-state index contributed by atoms with van der Waals surface area (Å²) in [5.74, 6) is 0.287. The summed E-state index contributed by atoms with van der Waals surface area (Å²) in [5.41, 5.74) is 0.744. The second-order valence-corrected chi connectivity index (χ2v) is 5.85. The molecule has 0 radical (unpaired) electrons. The van der Waals surface area contributed by atoms with Crippen molar-refractivity contribution in [2.75, 3.05) is 11.9 Å². The Bertz CT molecular complexity index is 539. The number of hydrogen-bond donors (Lipinski definition) is 2. The predicted octanol–water partition coefficient (Wildman–Crippen LogP) is 2.95. The molecule has 1 fully saturated rings. The Morgan fingerprint density at radius 1 is 1.43 bits per heavy atom. The van der Waals surface area contributed by atoms with E-state index in [4.69, 9.17) is 0 Å². The quantitative estimate of drug-likeness (QED) is 0.597. The molecule has 0 atom stereocenters. The van der Waals surface area contributed by atoms with Gasteiger partial charge in [-0.2, -0.15) is 0 Å². The maximum Gasteiger partial charge on any atom is 0.293 e. The van der Waals surface area contributed by atoms with Crippen LogP contribution in [0.1, 0.15) is 43.5 Å². The first kappa shape index (κ1) is 15.3. The Balaban J connectivity index is 2.10.